The van der Waals surface area contributed by atoms with Crippen molar-refractivity contribution in [3.8, 4) is 5.75 Å². The molecule has 0 aliphatic heterocycles. The van der Waals surface area contributed by atoms with Crippen molar-refractivity contribution in [2.45, 2.75) is 20.3 Å². The Labute approximate surface area is 141 Å². The largest absolute Gasteiger partial charge is 0.469 e. The third kappa shape index (κ3) is 4.35. The molecule has 0 fully saturated rings. The summed E-state index contributed by atoms with van der Waals surface area (Å²) in [5, 5.41) is 4.00. The summed E-state index contributed by atoms with van der Waals surface area (Å²) in [4.78, 5) is 16.6. The minimum atomic E-state index is -0.328. The van der Waals surface area contributed by atoms with E-state index in [0.29, 0.717) is 17.2 Å². The molecule has 0 N–H and O–H groups in total. The third-order valence-corrected chi connectivity index (χ3v) is 3.53. The van der Waals surface area contributed by atoms with Crippen LogP contribution in [-0.4, -0.2) is 26.1 Å². The number of carbonyl (C=O) groups is 1. The molecule has 0 spiro atoms. The maximum atomic E-state index is 11.6. The number of ether oxygens (including phenoxy) is 2. The Bertz CT molecular complexity index is 753. The molecule has 0 bridgehead atoms. The fourth-order valence-corrected chi connectivity index (χ4v) is 2.24. The van der Waals surface area contributed by atoms with Crippen LogP contribution in [0, 0.1) is 13.8 Å². The fraction of sp³-hybridized carbons (Fsp3) is 0.263. The predicted molar refractivity (Wildman–Crippen MR) is 92.3 cm³/mol. The van der Waals surface area contributed by atoms with Crippen LogP contribution < -0.4 is 4.74 Å². The molecule has 0 aromatic heterocycles. The second kappa shape index (κ2) is 8.15. The SMILES string of the molecule is CO/N=C(\Oc1cc(C)ccc1C)c1ccccc1CC(=O)OC. The Balaban J connectivity index is 2.40. The summed E-state index contributed by atoms with van der Waals surface area (Å²) in [7, 11) is 2.82. The van der Waals surface area contributed by atoms with Gasteiger partial charge in [-0.1, -0.05) is 30.3 Å². The van der Waals surface area contributed by atoms with Crippen LogP contribution >= 0.6 is 0 Å². The zero-order valence-electron chi connectivity index (χ0n) is 14.3. The Morgan fingerprint density at radius 2 is 1.83 bits per heavy atom. The van der Waals surface area contributed by atoms with Gasteiger partial charge in [0.2, 0.25) is 0 Å². The van der Waals surface area contributed by atoms with E-state index in [2.05, 4.69) is 5.16 Å². The number of oxime groups is 1. The molecule has 24 heavy (non-hydrogen) atoms. The summed E-state index contributed by atoms with van der Waals surface area (Å²) in [6.45, 7) is 3.95. The Hall–Kier alpha value is -2.82. The molecular weight excluding hydrogens is 306 g/mol. The average molecular weight is 327 g/mol. The Morgan fingerprint density at radius 3 is 2.54 bits per heavy atom. The summed E-state index contributed by atoms with van der Waals surface area (Å²) in [5.74, 6) is 0.662. The molecule has 0 saturated heterocycles. The van der Waals surface area contributed by atoms with Crippen molar-refractivity contribution in [2.75, 3.05) is 14.2 Å². The topological polar surface area (TPSA) is 57.1 Å². The monoisotopic (exact) mass is 327 g/mol. The lowest BCUT2D eigenvalue weighted by atomic mass is 10.0. The molecule has 2 aromatic carbocycles. The summed E-state index contributed by atoms with van der Waals surface area (Å²) in [5.41, 5.74) is 3.50. The van der Waals surface area contributed by atoms with E-state index in [1.807, 2.05) is 56.3 Å². The fourth-order valence-electron chi connectivity index (χ4n) is 2.24. The molecule has 2 aromatic rings. The number of hydrogen-bond donors (Lipinski definition) is 0. The van der Waals surface area contributed by atoms with Crippen molar-refractivity contribution >= 4 is 11.9 Å². The van der Waals surface area contributed by atoms with E-state index < -0.39 is 0 Å². The van der Waals surface area contributed by atoms with Crippen molar-refractivity contribution in [1.82, 2.24) is 0 Å². The van der Waals surface area contributed by atoms with Crippen molar-refractivity contribution in [2.24, 2.45) is 5.16 Å². The summed E-state index contributed by atoms with van der Waals surface area (Å²) in [6, 6.07) is 13.3. The zero-order valence-corrected chi connectivity index (χ0v) is 14.3. The standard InChI is InChI=1S/C19H21NO4/c1-13-9-10-14(2)17(11-13)24-19(20-23-4)16-8-6-5-7-15(16)12-18(21)22-3/h5-11H,12H2,1-4H3/b20-19-. The van der Waals surface area contributed by atoms with Gasteiger partial charge in [0.15, 0.2) is 0 Å². The van der Waals surface area contributed by atoms with Gasteiger partial charge in [-0.2, -0.15) is 0 Å². The van der Waals surface area contributed by atoms with Crippen LogP contribution in [-0.2, 0) is 20.8 Å². The van der Waals surface area contributed by atoms with Crippen LogP contribution in [0.4, 0.5) is 0 Å². The molecule has 0 saturated carbocycles. The lowest BCUT2D eigenvalue weighted by molar-refractivity contribution is -0.139. The number of methoxy groups -OCH3 is 1. The first-order chi connectivity index (χ1) is 11.5. The van der Waals surface area contributed by atoms with Gasteiger partial charge in [-0.15, -0.1) is 0 Å². The van der Waals surface area contributed by atoms with Crippen molar-refractivity contribution in [1.29, 1.82) is 0 Å². The number of hydrogen-bond acceptors (Lipinski definition) is 5. The quantitative estimate of drug-likeness (QED) is 0.365. The Kier molecular flexibility index (Phi) is 5.95. The molecule has 0 unspecified atom stereocenters. The smallest absolute Gasteiger partial charge is 0.310 e. The van der Waals surface area contributed by atoms with Gasteiger partial charge in [0, 0.05) is 5.56 Å². The molecule has 126 valence electrons. The Morgan fingerprint density at radius 1 is 1.08 bits per heavy atom. The minimum absolute atomic E-state index is 0.131. The molecular formula is C19H21NO4. The van der Waals surface area contributed by atoms with E-state index in [4.69, 9.17) is 14.3 Å². The highest BCUT2D eigenvalue weighted by molar-refractivity contribution is 5.97. The summed E-state index contributed by atoms with van der Waals surface area (Å²) < 4.78 is 10.7. The van der Waals surface area contributed by atoms with Crippen LogP contribution in [0.25, 0.3) is 0 Å². The third-order valence-electron chi connectivity index (χ3n) is 3.53. The van der Waals surface area contributed by atoms with Gasteiger partial charge in [-0.05, 0) is 47.8 Å². The maximum Gasteiger partial charge on any atom is 0.310 e. The van der Waals surface area contributed by atoms with Crippen LogP contribution in [0.5, 0.6) is 5.75 Å². The highest BCUT2D eigenvalue weighted by Crippen LogP contribution is 2.22. The number of rotatable bonds is 5. The number of aryl methyl sites for hydroxylation is 2. The first kappa shape index (κ1) is 17.5. The lowest BCUT2D eigenvalue weighted by Gasteiger charge is -2.14. The van der Waals surface area contributed by atoms with Crippen LogP contribution in [0.15, 0.2) is 47.6 Å². The minimum Gasteiger partial charge on any atom is -0.469 e. The molecule has 5 heteroatoms. The summed E-state index contributed by atoms with van der Waals surface area (Å²) >= 11 is 0. The summed E-state index contributed by atoms with van der Waals surface area (Å²) in [6.07, 6.45) is 0.131. The highest BCUT2D eigenvalue weighted by atomic mass is 16.6. The van der Waals surface area contributed by atoms with E-state index in [1.54, 1.807) is 0 Å². The first-order valence-corrected chi connectivity index (χ1v) is 7.56. The number of benzene rings is 2. The van der Waals surface area contributed by atoms with E-state index in [1.165, 1.54) is 14.2 Å². The second-order valence-electron chi connectivity index (χ2n) is 5.36. The van der Waals surface area contributed by atoms with Crippen LogP contribution in [0.3, 0.4) is 0 Å². The first-order valence-electron chi connectivity index (χ1n) is 7.56. The normalized spacial score (nSPS) is 11.1. The molecule has 0 amide bonds. The van der Waals surface area contributed by atoms with E-state index in [9.17, 15) is 4.79 Å². The zero-order chi connectivity index (χ0) is 17.5. The molecule has 0 aliphatic rings. The number of carbonyl (C=O) groups excluding carboxylic acids is 1. The molecule has 2 rings (SSSR count). The number of nitrogens with zero attached hydrogens (tertiary/aromatic N) is 1. The molecule has 0 atom stereocenters. The highest BCUT2D eigenvalue weighted by Gasteiger charge is 2.16. The molecule has 0 radical (unpaired) electrons. The van der Waals surface area contributed by atoms with Gasteiger partial charge >= 0.3 is 5.97 Å². The average Bonchev–Trinajstić information content (AvgIpc) is 2.58. The van der Waals surface area contributed by atoms with Gasteiger partial charge in [0.25, 0.3) is 5.90 Å². The van der Waals surface area contributed by atoms with Crippen LogP contribution in [0.2, 0.25) is 0 Å². The van der Waals surface area contributed by atoms with Crippen molar-refractivity contribution in [3.05, 3.63) is 64.7 Å². The van der Waals surface area contributed by atoms with Crippen molar-refractivity contribution < 1.29 is 19.1 Å². The maximum absolute atomic E-state index is 11.6. The molecule has 0 heterocycles. The van der Waals surface area contributed by atoms with E-state index >= 15 is 0 Å². The molecule has 0 aliphatic carbocycles. The van der Waals surface area contributed by atoms with Gasteiger partial charge < -0.3 is 14.3 Å². The molecule has 5 nitrogen and oxygen atoms in total. The van der Waals surface area contributed by atoms with Crippen LogP contribution in [0.1, 0.15) is 22.3 Å². The van der Waals surface area contributed by atoms with Gasteiger partial charge in [0.05, 0.1) is 13.5 Å². The second-order valence-corrected chi connectivity index (χ2v) is 5.36. The van der Waals surface area contributed by atoms with E-state index in [-0.39, 0.29) is 12.4 Å². The van der Waals surface area contributed by atoms with Crippen molar-refractivity contribution in [3.63, 3.8) is 0 Å². The lowest BCUT2D eigenvalue weighted by Crippen LogP contribution is -2.16. The van der Waals surface area contributed by atoms with Gasteiger partial charge in [-0.3, -0.25) is 4.79 Å². The van der Waals surface area contributed by atoms with Gasteiger partial charge in [0.1, 0.15) is 12.9 Å². The van der Waals surface area contributed by atoms with E-state index in [0.717, 1.165) is 16.7 Å². The van der Waals surface area contributed by atoms with Gasteiger partial charge in [-0.25, -0.2) is 0 Å². The predicted octanol–water partition coefficient (Wildman–Crippen LogP) is 3.41. The number of esters is 1.